The van der Waals surface area contributed by atoms with Crippen molar-refractivity contribution in [3.05, 3.63) is 53.9 Å². The number of hydrogen-bond donors (Lipinski definition) is 1. The van der Waals surface area contributed by atoms with E-state index in [4.69, 9.17) is 4.74 Å². The number of benzene rings is 1. The summed E-state index contributed by atoms with van der Waals surface area (Å²) < 4.78 is 5.34. The highest BCUT2D eigenvalue weighted by Crippen LogP contribution is 2.28. The molecule has 0 saturated heterocycles. The number of H-pyrrole nitrogens is 1. The first-order valence-electron chi connectivity index (χ1n) is 7.38. The van der Waals surface area contributed by atoms with Gasteiger partial charge in [-0.3, -0.25) is 4.79 Å². The van der Waals surface area contributed by atoms with Crippen molar-refractivity contribution in [1.82, 2.24) is 9.97 Å². The van der Waals surface area contributed by atoms with Gasteiger partial charge in [-0.25, -0.2) is 4.98 Å². The number of carbonyl (C=O) groups excluding carboxylic acids is 1. The highest BCUT2D eigenvalue weighted by atomic mass is 16.5. The van der Waals surface area contributed by atoms with Gasteiger partial charge in [0, 0.05) is 28.9 Å². The number of rotatable bonds is 4. The second-order valence-electron chi connectivity index (χ2n) is 5.55. The maximum Gasteiger partial charge on any atom is 0.152 e. The van der Waals surface area contributed by atoms with Gasteiger partial charge in [-0.2, -0.15) is 0 Å². The minimum Gasteiger partial charge on any atom is -0.497 e. The van der Waals surface area contributed by atoms with Gasteiger partial charge in [0.05, 0.1) is 7.11 Å². The Kier molecular flexibility index (Phi) is 3.98. The standard InChI is InChI=1S/C19H18N2O2/c1-12-6-15(8-17(7-12)23-3)16-9-18-14(5-4-13(2)22)10-20-19(18)21-11-16/h4-11H,1-3H3,(H,20,21)/b5-4+. The van der Waals surface area contributed by atoms with Crippen LogP contribution in [0.4, 0.5) is 0 Å². The molecule has 116 valence electrons. The number of pyridine rings is 1. The summed E-state index contributed by atoms with van der Waals surface area (Å²) >= 11 is 0. The molecule has 0 aliphatic heterocycles. The van der Waals surface area contributed by atoms with E-state index < -0.39 is 0 Å². The van der Waals surface area contributed by atoms with Gasteiger partial charge < -0.3 is 9.72 Å². The number of aryl methyl sites for hydroxylation is 1. The van der Waals surface area contributed by atoms with Crippen molar-refractivity contribution in [1.29, 1.82) is 0 Å². The third-order valence-electron chi connectivity index (χ3n) is 3.68. The van der Waals surface area contributed by atoms with Crippen LogP contribution in [0, 0.1) is 6.92 Å². The third-order valence-corrected chi connectivity index (χ3v) is 3.68. The molecule has 0 saturated carbocycles. The van der Waals surface area contributed by atoms with Gasteiger partial charge in [-0.1, -0.05) is 6.07 Å². The summed E-state index contributed by atoms with van der Waals surface area (Å²) in [5.74, 6) is 0.845. The van der Waals surface area contributed by atoms with Gasteiger partial charge in [0.2, 0.25) is 0 Å². The minimum atomic E-state index is 0.0203. The number of aromatic nitrogens is 2. The molecule has 0 unspecified atom stereocenters. The summed E-state index contributed by atoms with van der Waals surface area (Å²) in [5, 5.41) is 0.987. The predicted octanol–water partition coefficient (Wildman–Crippen LogP) is 4.15. The Hall–Kier alpha value is -2.88. The number of ether oxygens (including phenoxy) is 1. The average Bonchev–Trinajstić information content (AvgIpc) is 2.94. The molecule has 4 heteroatoms. The van der Waals surface area contributed by atoms with Gasteiger partial charge in [0.1, 0.15) is 11.4 Å². The average molecular weight is 306 g/mol. The van der Waals surface area contributed by atoms with Crippen LogP contribution in [0.2, 0.25) is 0 Å². The molecule has 0 amide bonds. The number of nitrogens with one attached hydrogen (secondary N) is 1. The molecule has 0 aliphatic carbocycles. The zero-order chi connectivity index (χ0) is 16.4. The van der Waals surface area contributed by atoms with Crippen molar-refractivity contribution in [3.8, 4) is 16.9 Å². The number of allylic oxidation sites excluding steroid dienone is 1. The van der Waals surface area contributed by atoms with E-state index in [-0.39, 0.29) is 5.78 Å². The lowest BCUT2D eigenvalue weighted by Gasteiger charge is -2.07. The fraction of sp³-hybridized carbons (Fsp3) is 0.158. The second kappa shape index (κ2) is 6.08. The summed E-state index contributed by atoms with van der Waals surface area (Å²) in [6.45, 7) is 3.57. The summed E-state index contributed by atoms with van der Waals surface area (Å²) in [6, 6.07) is 8.16. The lowest BCUT2D eigenvalue weighted by atomic mass is 10.0. The zero-order valence-corrected chi connectivity index (χ0v) is 13.4. The molecule has 3 aromatic rings. The zero-order valence-electron chi connectivity index (χ0n) is 13.4. The van der Waals surface area contributed by atoms with Crippen LogP contribution < -0.4 is 4.74 Å². The molecule has 2 aromatic heterocycles. The van der Waals surface area contributed by atoms with Gasteiger partial charge in [-0.05, 0) is 55.3 Å². The SMILES string of the molecule is COc1cc(C)cc(-c2cnc3[nH]cc(/C=C/C(C)=O)c3c2)c1. The second-order valence-corrected chi connectivity index (χ2v) is 5.55. The van der Waals surface area contributed by atoms with Crippen molar-refractivity contribution >= 4 is 22.9 Å². The van der Waals surface area contributed by atoms with Crippen LogP contribution in [-0.4, -0.2) is 22.9 Å². The monoisotopic (exact) mass is 306 g/mol. The van der Waals surface area contributed by atoms with E-state index in [0.717, 1.165) is 39.0 Å². The molecule has 1 N–H and O–H groups in total. The molecule has 0 atom stereocenters. The summed E-state index contributed by atoms with van der Waals surface area (Å²) in [7, 11) is 1.66. The number of nitrogens with zero attached hydrogens (tertiary/aromatic N) is 1. The minimum absolute atomic E-state index is 0.0203. The molecule has 0 aliphatic rings. The van der Waals surface area contributed by atoms with Crippen LogP contribution in [0.15, 0.2) is 42.7 Å². The van der Waals surface area contributed by atoms with Crippen molar-refractivity contribution < 1.29 is 9.53 Å². The molecule has 0 radical (unpaired) electrons. The van der Waals surface area contributed by atoms with Gasteiger partial charge in [0.25, 0.3) is 0 Å². The Labute approximate surface area is 134 Å². The number of ketones is 1. The van der Waals surface area contributed by atoms with E-state index in [9.17, 15) is 4.79 Å². The van der Waals surface area contributed by atoms with Crippen LogP contribution in [0.3, 0.4) is 0 Å². The summed E-state index contributed by atoms with van der Waals surface area (Å²) in [4.78, 5) is 18.7. The Bertz CT molecular complexity index is 907. The molecule has 0 fully saturated rings. The van der Waals surface area contributed by atoms with E-state index in [2.05, 4.69) is 22.1 Å². The first-order valence-corrected chi connectivity index (χ1v) is 7.38. The Balaban J connectivity index is 2.10. The van der Waals surface area contributed by atoms with Crippen molar-refractivity contribution in [2.75, 3.05) is 7.11 Å². The first kappa shape index (κ1) is 15.0. The van der Waals surface area contributed by atoms with Gasteiger partial charge >= 0.3 is 0 Å². The van der Waals surface area contributed by atoms with Crippen molar-refractivity contribution in [3.63, 3.8) is 0 Å². The highest BCUT2D eigenvalue weighted by molar-refractivity contribution is 5.96. The number of fused-ring (bicyclic) bond motifs is 1. The first-order chi connectivity index (χ1) is 11.1. The highest BCUT2D eigenvalue weighted by Gasteiger charge is 2.07. The number of hydrogen-bond acceptors (Lipinski definition) is 3. The molecule has 23 heavy (non-hydrogen) atoms. The lowest BCUT2D eigenvalue weighted by molar-refractivity contribution is -0.112. The van der Waals surface area contributed by atoms with Crippen LogP contribution in [0.1, 0.15) is 18.1 Å². The maximum atomic E-state index is 11.1. The molecule has 1 aromatic carbocycles. The molecular weight excluding hydrogens is 288 g/mol. The largest absolute Gasteiger partial charge is 0.497 e. The number of aromatic amines is 1. The third kappa shape index (κ3) is 3.16. The quantitative estimate of drug-likeness (QED) is 0.737. The molecule has 3 rings (SSSR count). The van der Waals surface area contributed by atoms with E-state index in [1.165, 1.54) is 6.92 Å². The summed E-state index contributed by atoms with van der Waals surface area (Å²) in [5.41, 5.74) is 4.95. The Morgan fingerprint density at radius 1 is 1.22 bits per heavy atom. The van der Waals surface area contributed by atoms with Crippen LogP contribution in [-0.2, 0) is 4.79 Å². The fourth-order valence-electron chi connectivity index (χ4n) is 2.56. The topological polar surface area (TPSA) is 55.0 Å². The number of methoxy groups -OCH3 is 1. The normalized spacial score (nSPS) is 11.3. The smallest absolute Gasteiger partial charge is 0.152 e. The number of carbonyl (C=O) groups is 1. The Morgan fingerprint density at radius 3 is 2.78 bits per heavy atom. The van der Waals surface area contributed by atoms with E-state index >= 15 is 0 Å². The van der Waals surface area contributed by atoms with Crippen LogP contribution in [0.5, 0.6) is 5.75 Å². The van der Waals surface area contributed by atoms with Crippen LogP contribution >= 0.6 is 0 Å². The lowest BCUT2D eigenvalue weighted by Crippen LogP contribution is -1.87. The molecule has 0 spiro atoms. The fourth-order valence-corrected chi connectivity index (χ4v) is 2.56. The van der Waals surface area contributed by atoms with Gasteiger partial charge in [0.15, 0.2) is 5.78 Å². The van der Waals surface area contributed by atoms with Crippen LogP contribution in [0.25, 0.3) is 28.2 Å². The van der Waals surface area contributed by atoms with Crippen molar-refractivity contribution in [2.24, 2.45) is 0 Å². The van der Waals surface area contributed by atoms with Gasteiger partial charge in [-0.15, -0.1) is 0 Å². The summed E-state index contributed by atoms with van der Waals surface area (Å²) in [6.07, 6.45) is 7.07. The van der Waals surface area contributed by atoms with E-state index in [1.807, 2.05) is 37.5 Å². The maximum absolute atomic E-state index is 11.1. The molecule has 0 bridgehead atoms. The van der Waals surface area contributed by atoms with E-state index in [1.54, 1.807) is 13.2 Å². The predicted molar refractivity (Wildman–Crippen MR) is 92.5 cm³/mol. The Morgan fingerprint density at radius 2 is 2.04 bits per heavy atom. The van der Waals surface area contributed by atoms with Crippen molar-refractivity contribution in [2.45, 2.75) is 13.8 Å². The van der Waals surface area contributed by atoms with E-state index in [0.29, 0.717) is 0 Å². The molecule has 4 nitrogen and oxygen atoms in total. The molecule has 2 heterocycles. The molecular formula is C19H18N2O2.